The third kappa shape index (κ3) is 4.41. The second-order valence-corrected chi connectivity index (χ2v) is 9.82. The second kappa shape index (κ2) is 8.95. The zero-order chi connectivity index (χ0) is 23.7. The van der Waals surface area contributed by atoms with Gasteiger partial charge < -0.3 is 19.5 Å². The van der Waals surface area contributed by atoms with Gasteiger partial charge in [0.15, 0.2) is 5.11 Å². The third-order valence-electron chi connectivity index (χ3n) is 6.02. The van der Waals surface area contributed by atoms with Crippen molar-refractivity contribution in [3.8, 4) is 11.5 Å². The van der Waals surface area contributed by atoms with Gasteiger partial charge >= 0.3 is 0 Å². The molecule has 2 atom stereocenters. The summed E-state index contributed by atoms with van der Waals surface area (Å²) in [5.41, 5.74) is 3.14. The Morgan fingerprint density at radius 3 is 2.24 bits per heavy atom. The smallest absolute Gasteiger partial charge is 0.174 e. The highest BCUT2D eigenvalue weighted by Crippen LogP contribution is 2.42. The van der Waals surface area contributed by atoms with Crippen LogP contribution in [0.15, 0.2) is 97.5 Å². The fourth-order valence-corrected chi connectivity index (χ4v) is 4.62. The van der Waals surface area contributed by atoms with Gasteiger partial charge in [0, 0.05) is 29.8 Å². The van der Waals surface area contributed by atoms with Crippen LogP contribution in [0.2, 0.25) is 0 Å². The van der Waals surface area contributed by atoms with E-state index in [0.717, 1.165) is 22.9 Å². The Kier molecular flexibility index (Phi) is 5.84. The first-order valence-corrected chi connectivity index (χ1v) is 11.8. The van der Waals surface area contributed by atoms with Gasteiger partial charge in [0.2, 0.25) is 0 Å². The lowest BCUT2D eigenvalue weighted by Gasteiger charge is -2.28. The molecule has 1 saturated heterocycles. The minimum Gasteiger partial charge on any atom is -0.457 e. The van der Waals surface area contributed by atoms with E-state index >= 15 is 0 Å². The van der Waals surface area contributed by atoms with Crippen LogP contribution < -0.4 is 15.0 Å². The van der Waals surface area contributed by atoms with Crippen molar-refractivity contribution in [1.29, 1.82) is 0 Å². The van der Waals surface area contributed by atoms with E-state index in [4.69, 9.17) is 17.0 Å². The molecule has 4 aromatic rings. The number of nitrogens with one attached hydrogen (secondary N) is 1. The van der Waals surface area contributed by atoms with Crippen LogP contribution in [0.1, 0.15) is 44.1 Å². The lowest BCUT2D eigenvalue weighted by Crippen LogP contribution is -2.29. The molecule has 1 fully saturated rings. The van der Waals surface area contributed by atoms with Gasteiger partial charge in [-0.15, -0.1) is 0 Å². The number of nitrogens with zero attached hydrogens (tertiary/aromatic N) is 3. The predicted molar refractivity (Wildman–Crippen MR) is 140 cm³/mol. The van der Waals surface area contributed by atoms with Crippen LogP contribution in [0.5, 0.6) is 11.5 Å². The number of thiocarbonyl (C=S) groups is 1. The zero-order valence-corrected chi connectivity index (χ0v) is 20.4. The van der Waals surface area contributed by atoms with Crippen molar-refractivity contribution in [3.05, 3.63) is 109 Å². The summed E-state index contributed by atoms with van der Waals surface area (Å²) in [5.74, 6) is 1.59. The Hall–Kier alpha value is -3.64. The van der Waals surface area contributed by atoms with Crippen LogP contribution in [0.25, 0.3) is 0 Å². The summed E-state index contributed by atoms with van der Waals surface area (Å²) in [4.78, 5) is 6.82. The topological polar surface area (TPSA) is 42.3 Å². The molecular weight excluding hydrogens is 440 g/mol. The molecule has 0 saturated carbocycles. The Bertz CT molecular complexity index is 1260. The number of aromatic nitrogens is 2. The van der Waals surface area contributed by atoms with E-state index in [-0.39, 0.29) is 17.6 Å². The Morgan fingerprint density at radius 2 is 1.59 bits per heavy atom. The van der Waals surface area contributed by atoms with Crippen molar-refractivity contribution >= 4 is 23.0 Å². The molecule has 5 nitrogen and oxygen atoms in total. The highest BCUT2D eigenvalue weighted by atomic mass is 32.1. The van der Waals surface area contributed by atoms with E-state index in [1.807, 2.05) is 66.9 Å². The standard InChI is InChI=1S/C28H28N4OS/c1-28(2,3)31-18-16-20(19-31)26-25(24-11-7-8-17-29-24)30-27(34)32(26)21-12-14-23(15-13-21)33-22-9-5-4-6-10-22/h4-19,25-26H,1-3H3,(H,30,34)/t25-,26-/m0/s1. The molecule has 2 aromatic carbocycles. The molecule has 172 valence electrons. The van der Waals surface area contributed by atoms with Gasteiger partial charge in [-0.05, 0) is 93.1 Å². The highest BCUT2D eigenvalue weighted by Gasteiger charge is 2.41. The number of rotatable bonds is 5. The van der Waals surface area contributed by atoms with Crippen LogP contribution >= 0.6 is 12.2 Å². The number of benzene rings is 2. The van der Waals surface area contributed by atoms with Crippen molar-refractivity contribution in [3.63, 3.8) is 0 Å². The van der Waals surface area contributed by atoms with Crippen molar-refractivity contribution in [2.45, 2.75) is 38.4 Å². The molecule has 2 aromatic heterocycles. The quantitative estimate of drug-likeness (QED) is 0.334. The lowest BCUT2D eigenvalue weighted by atomic mass is 9.98. The van der Waals surface area contributed by atoms with Gasteiger partial charge in [0.05, 0.1) is 17.8 Å². The fraction of sp³-hybridized carbons (Fsp3) is 0.214. The van der Waals surface area contributed by atoms with Crippen molar-refractivity contribution < 1.29 is 4.74 Å². The molecule has 0 radical (unpaired) electrons. The molecule has 0 amide bonds. The summed E-state index contributed by atoms with van der Waals surface area (Å²) < 4.78 is 8.23. The van der Waals surface area contributed by atoms with Crippen molar-refractivity contribution in [2.24, 2.45) is 0 Å². The van der Waals surface area contributed by atoms with Crippen LogP contribution in [0.3, 0.4) is 0 Å². The number of para-hydroxylation sites is 1. The number of ether oxygens (including phenoxy) is 1. The monoisotopic (exact) mass is 468 g/mol. The summed E-state index contributed by atoms with van der Waals surface area (Å²) in [5, 5.41) is 4.21. The lowest BCUT2D eigenvalue weighted by molar-refractivity contribution is 0.397. The number of hydrogen-bond acceptors (Lipinski definition) is 3. The molecule has 3 heterocycles. The van der Waals surface area contributed by atoms with Gasteiger partial charge in [-0.1, -0.05) is 24.3 Å². The van der Waals surface area contributed by atoms with E-state index in [2.05, 4.69) is 71.1 Å². The molecule has 0 spiro atoms. The summed E-state index contributed by atoms with van der Waals surface area (Å²) >= 11 is 5.84. The summed E-state index contributed by atoms with van der Waals surface area (Å²) in [6, 6.07) is 26.0. The first-order chi connectivity index (χ1) is 16.4. The molecule has 1 aliphatic rings. The number of hydrogen-bond donors (Lipinski definition) is 1. The highest BCUT2D eigenvalue weighted by molar-refractivity contribution is 7.80. The maximum Gasteiger partial charge on any atom is 0.174 e. The minimum atomic E-state index is -0.0650. The first kappa shape index (κ1) is 22.2. The Morgan fingerprint density at radius 1 is 0.882 bits per heavy atom. The number of pyridine rings is 1. The maximum atomic E-state index is 5.99. The van der Waals surface area contributed by atoms with Crippen molar-refractivity contribution in [2.75, 3.05) is 4.90 Å². The Labute approximate surface area is 206 Å². The van der Waals surface area contributed by atoms with Gasteiger partial charge in [0.25, 0.3) is 0 Å². The van der Waals surface area contributed by atoms with Gasteiger partial charge in [-0.3, -0.25) is 4.98 Å². The van der Waals surface area contributed by atoms with E-state index < -0.39 is 0 Å². The van der Waals surface area contributed by atoms with Gasteiger partial charge in [0.1, 0.15) is 11.5 Å². The average Bonchev–Trinajstić information content (AvgIpc) is 3.46. The van der Waals surface area contributed by atoms with E-state index in [1.165, 1.54) is 5.56 Å². The largest absolute Gasteiger partial charge is 0.457 e. The zero-order valence-electron chi connectivity index (χ0n) is 19.6. The maximum absolute atomic E-state index is 5.99. The normalized spacial score (nSPS) is 18.1. The molecule has 6 heteroatoms. The van der Waals surface area contributed by atoms with E-state index in [1.54, 1.807) is 0 Å². The molecule has 0 bridgehead atoms. The van der Waals surface area contributed by atoms with Crippen LogP contribution in [-0.4, -0.2) is 14.7 Å². The molecule has 1 aliphatic heterocycles. The Balaban J connectivity index is 1.50. The van der Waals surface area contributed by atoms with Crippen LogP contribution in [-0.2, 0) is 5.54 Å². The summed E-state index contributed by atoms with van der Waals surface area (Å²) in [6.07, 6.45) is 6.19. The van der Waals surface area contributed by atoms with Gasteiger partial charge in [-0.2, -0.15) is 0 Å². The van der Waals surface area contributed by atoms with E-state index in [0.29, 0.717) is 5.11 Å². The molecule has 0 aliphatic carbocycles. The third-order valence-corrected chi connectivity index (χ3v) is 6.34. The first-order valence-electron chi connectivity index (χ1n) is 11.4. The second-order valence-electron chi connectivity index (χ2n) is 9.43. The molecule has 34 heavy (non-hydrogen) atoms. The van der Waals surface area contributed by atoms with Crippen molar-refractivity contribution in [1.82, 2.24) is 14.9 Å². The average molecular weight is 469 g/mol. The van der Waals surface area contributed by atoms with E-state index in [9.17, 15) is 0 Å². The summed E-state index contributed by atoms with van der Waals surface area (Å²) in [6.45, 7) is 6.61. The van der Waals surface area contributed by atoms with Crippen LogP contribution in [0.4, 0.5) is 5.69 Å². The fourth-order valence-electron chi connectivity index (χ4n) is 4.28. The number of anilines is 1. The predicted octanol–water partition coefficient (Wildman–Crippen LogP) is 6.61. The molecular formula is C28H28N4OS. The van der Waals surface area contributed by atoms with Crippen LogP contribution in [0, 0.1) is 0 Å². The minimum absolute atomic E-state index is 0.00740. The molecule has 5 rings (SSSR count). The summed E-state index contributed by atoms with van der Waals surface area (Å²) in [7, 11) is 0. The SMILES string of the molecule is CC(C)(C)n1ccc([C@H]2[C@H](c3ccccn3)NC(=S)N2c2ccc(Oc3ccccc3)cc2)c1. The van der Waals surface area contributed by atoms with Gasteiger partial charge in [-0.25, -0.2) is 0 Å². The molecule has 0 unspecified atom stereocenters. The molecule has 1 N–H and O–H groups in total.